The highest BCUT2D eigenvalue weighted by atomic mass is 16.2. The summed E-state index contributed by atoms with van der Waals surface area (Å²) in [5.41, 5.74) is 0.332. The van der Waals surface area contributed by atoms with E-state index in [4.69, 9.17) is 0 Å². The number of hydrogen-bond acceptors (Lipinski definition) is 5. The SMILES string of the molecule is CN1CCC[C@H](CN(C)C(=O)C[C@]2(c3ccccc3)CC(=O)N(Cc3cccnc3)C2=O)C1. The topological polar surface area (TPSA) is 73.8 Å². The van der Waals surface area contributed by atoms with Crippen molar-refractivity contribution in [3.05, 3.63) is 66.0 Å². The van der Waals surface area contributed by atoms with Gasteiger partial charge in [-0.05, 0) is 49.5 Å². The summed E-state index contributed by atoms with van der Waals surface area (Å²) in [5.74, 6) is -0.233. The van der Waals surface area contributed by atoms with E-state index in [9.17, 15) is 14.4 Å². The zero-order valence-electron chi connectivity index (χ0n) is 19.4. The number of amides is 3. The molecule has 2 atom stereocenters. The average molecular weight is 449 g/mol. The molecule has 1 aromatic carbocycles. The van der Waals surface area contributed by atoms with Crippen LogP contribution in [0.2, 0.25) is 0 Å². The van der Waals surface area contributed by atoms with E-state index in [0.29, 0.717) is 12.5 Å². The van der Waals surface area contributed by atoms with Crippen LogP contribution in [0.4, 0.5) is 0 Å². The highest BCUT2D eigenvalue weighted by Gasteiger charge is 2.54. The quantitative estimate of drug-likeness (QED) is 0.609. The molecule has 0 N–H and O–H groups in total. The number of rotatable bonds is 7. The van der Waals surface area contributed by atoms with Gasteiger partial charge in [0.1, 0.15) is 0 Å². The molecular weight excluding hydrogens is 416 g/mol. The second-order valence-corrected chi connectivity index (χ2v) is 9.49. The Morgan fingerprint density at radius 2 is 1.97 bits per heavy atom. The summed E-state index contributed by atoms with van der Waals surface area (Å²) in [6, 6.07) is 12.9. The van der Waals surface area contributed by atoms with Crippen molar-refractivity contribution in [3.8, 4) is 0 Å². The molecule has 0 aliphatic carbocycles. The first-order chi connectivity index (χ1) is 15.9. The molecule has 4 rings (SSSR count). The zero-order valence-corrected chi connectivity index (χ0v) is 19.4. The van der Waals surface area contributed by atoms with E-state index in [2.05, 4.69) is 16.9 Å². The van der Waals surface area contributed by atoms with Crippen LogP contribution in [0.25, 0.3) is 0 Å². The van der Waals surface area contributed by atoms with Gasteiger partial charge in [-0.3, -0.25) is 24.3 Å². The molecule has 7 nitrogen and oxygen atoms in total. The lowest BCUT2D eigenvalue weighted by molar-refractivity contribution is -0.143. The molecule has 174 valence electrons. The Hall–Kier alpha value is -3.06. The van der Waals surface area contributed by atoms with Crippen LogP contribution in [0.5, 0.6) is 0 Å². The summed E-state index contributed by atoms with van der Waals surface area (Å²) in [4.78, 5) is 49.6. The van der Waals surface area contributed by atoms with E-state index in [1.807, 2.05) is 43.4 Å². The lowest BCUT2D eigenvalue weighted by Crippen LogP contribution is -2.44. The number of pyridine rings is 1. The summed E-state index contributed by atoms with van der Waals surface area (Å²) >= 11 is 0. The highest BCUT2D eigenvalue weighted by Crippen LogP contribution is 2.41. The maximum absolute atomic E-state index is 13.7. The van der Waals surface area contributed by atoms with Crippen LogP contribution in [0, 0.1) is 5.92 Å². The third-order valence-electron chi connectivity index (χ3n) is 6.93. The molecule has 2 aliphatic rings. The van der Waals surface area contributed by atoms with Crippen molar-refractivity contribution in [2.75, 3.05) is 33.7 Å². The maximum atomic E-state index is 13.7. The number of piperidine rings is 1. The van der Waals surface area contributed by atoms with Gasteiger partial charge in [-0.1, -0.05) is 36.4 Å². The molecule has 7 heteroatoms. The first-order valence-electron chi connectivity index (χ1n) is 11.6. The molecule has 3 heterocycles. The van der Waals surface area contributed by atoms with Crippen molar-refractivity contribution in [1.82, 2.24) is 19.7 Å². The van der Waals surface area contributed by atoms with Gasteiger partial charge in [0.25, 0.3) is 0 Å². The van der Waals surface area contributed by atoms with E-state index in [1.54, 1.807) is 23.4 Å². The lowest BCUT2D eigenvalue weighted by Gasteiger charge is -2.34. The van der Waals surface area contributed by atoms with Crippen LogP contribution in [0.3, 0.4) is 0 Å². The molecule has 3 amide bonds. The largest absolute Gasteiger partial charge is 0.345 e. The van der Waals surface area contributed by atoms with E-state index < -0.39 is 5.41 Å². The number of likely N-dealkylation sites (tertiary alicyclic amines) is 2. The zero-order chi connectivity index (χ0) is 23.4. The smallest absolute Gasteiger partial charge is 0.241 e. The van der Waals surface area contributed by atoms with Crippen LogP contribution in [-0.2, 0) is 26.3 Å². The standard InChI is InChI=1S/C26H32N4O3/c1-28-13-7-9-21(17-28)18-29(2)23(31)14-26(22-10-4-3-5-11-22)15-24(32)30(25(26)33)19-20-8-6-12-27-16-20/h3-6,8,10-12,16,21H,7,9,13-15,17-19H2,1-2H3/t21-,26+/m0/s1. The molecule has 33 heavy (non-hydrogen) atoms. The van der Waals surface area contributed by atoms with Crippen molar-refractivity contribution < 1.29 is 14.4 Å². The Labute approximate surface area is 195 Å². The number of imide groups is 1. The van der Waals surface area contributed by atoms with Crippen LogP contribution in [-0.4, -0.2) is 71.1 Å². The number of aromatic nitrogens is 1. The van der Waals surface area contributed by atoms with Gasteiger partial charge in [0, 0.05) is 45.4 Å². The predicted octanol–water partition coefficient (Wildman–Crippen LogP) is 2.47. The normalized spacial score (nSPS) is 23.7. The van der Waals surface area contributed by atoms with E-state index in [1.165, 1.54) is 4.90 Å². The minimum Gasteiger partial charge on any atom is -0.345 e. The van der Waals surface area contributed by atoms with Crippen LogP contribution in [0.1, 0.15) is 36.8 Å². The fourth-order valence-corrected chi connectivity index (χ4v) is 5.16. The third-order valence-corrected chi connectivity index (χ3v) is 6.93. The molecule has 2 saturated heterocycles. The van der Waals surface area contributed by atoms with Gasteiger partial charge in [0.2, 0.25) is 17.7 Å². The fourth-order valence-electron chi connectivity index (χ4n) is 5.16. The molecule has 2 fully saturated rings. The number of hydrogen-bond donors (Lipinski definition) is 0. The van der Waals surface area contributed by atoms with Crippen LogP contribution >= 0.6 is 0 Å². The fraction of sp³-hybridized carbons (Fsp3) is 0.462. The lowest BCUT2D eigenvalue weighted by atomic mass is 9.75. The van der Waals surface area contributed by atoms with Crippen molar-refractivity contribution in [2.24, 2.45) is 5.92 Å². The number of benzene rings is 1. The van der Waals surface area contributed by atoms with Crippen molar-refractivity contribution in [3.63, 3.8) is 0 Å². The molecule has 2 aliphatic heterocycles. The maximum Gasteiger partial charge on any atom is 0.241 e. The van der Waals surface area contributed by atoms with Gasteiger partial charge in [0.15, 0.2) is 0 Å². The van der Waals surface area contributed by atoms with Crippen molar-refractivity contribution in [1.29, 1.82) is 0 Å². The number of nitrogens with zero attached hydrogens (tertiary/aromatic N) is 4. The van der Waals surface area contributed by atoms with E-state index in [0.717, 1.165) is 37.1 Å². The van der Waals surface area contributed by atoms with Crippen LogP contribution in [0.15, 0.2) is 54.9 Å². The predicted molar refractivity (Wildman–Crippen MR) is 125 cm³/mol. The second kappa shape index (κ2) is 9.83. The molecule has 2 aromatic rings. The Morgan fingerprint density at radius 3 is 2.67 bits per heavy atom. The van der Waals surface area contributed by atoms with E-state index >= 15 is 0 Å². The number of carbonyl (C=O) groups is 3. The first kappa shape index (κ1) is 23.1. The Kier molecular flexibility index (Phi) is 6.88. The Morgan fingerprint density at radius 1 is 1.18 bits per heavy atom. The molecule has 0 saturated carbocycles. The minimum atomic E-state index is -1.17. The summed E-state index contributed by atoms with van der Waals surface area (Å²) in [6.45, 7) is 2.89. The molecular formula is C26H32N4O3. The van der Waals surface area contributed by atoms with Gasteiger partial charge in [-0.2, -0.15) is 0 Å². The molecule has 0 unspecified atom stereocenters. The van der Waals surface area contributed by atoms with Gasteiger partial charge in [-0.15, -0.1) is 0 Å². The Bertz CT molecular complexity index is 997. The summed E-state index contributed by atoms with van der Waals surface area (Å²) < 4.78 is 0. The van der Waals surface area contributed by atoms with Gasteiger partial charge < -0.3 is 9.80 Å². The van der Waals surface area contributed by atoms with E-state index in [-0.39, 0.29) is 37.1 Å². The summed E-state index contributed by atoms with van der Waals surface area (Å²) in [6.07, 6.45) is 5.54. The Balaban J connectivity index is 1.56. The van der Waals surface area contributed by atoms with Crippen molar-refractivity contribution >= 4 is 17.7 Å². The second-order valence-electron chi connectivity index (χ2n) is 9.49. The summed E-state index contributed by atoms with van der Waals surface area (Å²) in [5, 5.41) is 0. The number of carbonyl (C=O) groups excluding carboxylic acids is 3. The molecule has 1 aromatic heterocycles. The molecule has 0 spiro atoms. The van der Waals surface area contributed by atoms with Crippen molar-refractivity contribution in [2.45, 2.75) is 37.6 Å². The first-order valence-corrected chi connectivity index (χ1v) is 11.6. The van der Waals surface area contributed by atoms with Gasteiger partial charge in [0.05, 0.1) is 12.0 Å². The minimum absolute atomic E-state index is 0.00184. The monoisotopic (exact) mass is 448 g/mol. The molecule has 0 bridgehead atoms. The van der Waals surface area contributed by atoms with Gasteiger partial charge in [-0.25, -0.2) is 0 Å². The average Bonchev–Trinajstić information content (AvgIpc) is 3.05. The third kappa shape index (κ3) is 4.98. The van der Waals surface area contributed by atoms with Crippen LogP contribution < -0.4 is 0 Å². The highest BCUT2D eigenvalue weighted by molar-refractivity contribution is 6.10. The summed E-state index contributed by atoms with van der Waals surface area (Å²) in [7, 11) is 3.92. The molecule has 0 radical (unpaired) electrons. The van der Waals surface area contributed by atoms with Gasteiger partial charge >= 0.3 is 0 Å².